The second kappa shape index (κ2) is 9.11. The van der Waals surface area contributed by atoms with Crippen molar-refractivity contribution in [3.05, 3.63) is 74.4 Å². The van der Waals surface area contributed by atoms with Gasteiger partial charge in [-0.1, -0.05) is 31.0 Å². The molecule has 7 nitrogen and oxygen atoms in total. The standard InChI is InChI=1S/C28H28ClN5O2/c1-16-10-20(18(3)32-22-6-7-24(29)33-23(22)12-30)27-21(11-16)25(35)17(2)26(36-27)19-13-31-34(14-19)15-28(4)8-5-9-28/h6-7,10-11,13-14,18,32H,5,8-9,15H2,1-4H3/t18-/m1/s1. The summed E-state index contributed by atoms with van der Waals surface area (Å²) < 4.78 is 8.42. The lowest BCUT2D eigenvalue weighted by Gasteiger charge is -2.38. The summed E-state index contributed by atoms with van der Waals surface area (Å²) in [5, 5.41) is 18.2. The Morgan fingerprint density at radius 2 is 2.08 bits per heavy atom. The van der Waals surface area contributed by atoms with Crippen LogP contribution in [-0.4, -0.2) is 14.8 Å². The van der Waals surface area contributed by atoms with Crippen molar-refractivity contribution in [3.63, 3.8) is 0 Å². The fraction of sp³-hybridized carbons (Fsp3) is 0.357. The zero-order valence-electron chi connectivity index (χ0n) is 20.9. The van der Waals surface area contributed by atoms with Gasteiger partial charge in [0.15, 0.2) is 11.1 Å². The summed E-state index contributed by atoms with van der Waals surface area (Å²) >= 11 is 5.96. The van der Waals surface area contributed by atoms with E-state index in [9.17, 15) is 10.1 Å². The number of benzene rings is 1. The molecule has 1 aliphatic carbocycles. The molecule has 1 atom stereocenters. The molecule has 0 spiro atoms. The third-order valence-electron chi connectivity index (χ3n) is 7.20. The van der Waals surface area contributed by atoms with Crippen LogP contribution in [0.25, 0.3) is 22.3 Å². The number of nitrogens with one attached hydrogen (secondary N) is 1. The molecular formula is C28H28ClN5O2. The third-order valence-corrected chi connectivity index (χ3v) is 7.41. The van der Waals surface area contributed by atoms with Crippen LogP contribution >= 0.6 is 11.6 Å². The molecule has 1 aromatic carbocycles. The van der Waals surface area contributed by atoms with E-state index in [0.29, 0.717) is 28.0 Å². The lowest BCUT2D eigenvalue weighted by atomic mass is 9.70. The van der Waals surface area contributed by atoms with E-state index in [4.69, 9.17) is 16.0 Å². The Bertz CT molecular complexity index is 1580. The van der Waals surface area contributed by atoms with Gasteiger partial charge in [-0.2, -0.15) is 10.4 Å². The molecule has 3 aromatic heterocycles. The summed E-state index contributed by atoms with van der Waals surface area (Å²) in [5.41, 5.74) is 4.61. The summed E-state index contributed by atoms with van der Waals surface area (Å²) in [4.78, 5) is 17.6. The van der Waals surface area contributed by atoms with Gasteiger partial charge in [0.25, 0.3) is 0 Å². The number of rotatable bonds is 6. The summed E-state index contributed by atoms with van der Waals surface area (Å²) in [6.07, 6.45) is 7.41. The molecule has 1 fully saturated rings. The number of aromatic nitrogens is 3. The van der Waals surface area contributed by atoms with Crippen molar-refractivity contribution in [1.82, 2.24) is 14.8 Å². The molecule has 36 heavy (non-hydrogen) atoms. The van der Waals surface area contributed by atoms with Crippen LogP contribution in [0, 0.1) is 30.6 Å². The second-order valence-electron chi connectivity index (χ2n) is 10.2. The number of pyridine rings is 1. The van der Waals surface area contributed by atoms with E-state index in [1.807, 2.05) is 36.9 Å². The largest absolute Gasteiger partial charge is 0.455 e. The van der Waals surface area contributed by atoms with E-state index in [1.165, 1.54) is 19.3 Å². The lowest BCUT2D eigenvalue weighted by Crippen LogP contribution is -2.30. The Kier molecular flexibility index (Phi) is 6.09. The summed E-state index contributed by atoms with van der Waals surface area (Å²) in [6.45, 7) is 8.85. The van der Waals surface area contributed by atoms with E-state index in [-0.39, 0.29) is 27.7 Å². The van der Waals surface area contributed by atoms with Crippen LogP contribution in [0.15, 0.2) is 45.9 Å². The van der Waals surface area contributed by atoms with Crippen molar-refractivity contribution < 1.29 is 4.42 Å². The van der Waals surface area contributed by atoms with Gasteiger partial charge in [-0.25, -0.2) is 4.98 Å². The summed E-state index contributed by atoms with van der Waals surface area (Å²) in [6, 6.07) is 9.02. The molecule has 8 heteroatoms. The average Bonchev–Trinajstić information content (AvgIpc) is 3.29. The van der Waals surface area contributed by atoms with E-state index in [0.717, 1.165) is 23.2 Å². The fourth-order valence-corrected chi connectivity index (χ4v) is 5.16. The Labute approximate surface area is 214 Å². The third kappa shape index (κ3) is 4.38. The molecule has 1 saturated carbocycles. The number of anilines is 1. The molecule has 0 unspecified atom stereocenters. The first-order valence-electron chi connectivity index (χ1n) is 12.1. The van der Waals surface area contributed by atoms with E-state index in [2.05, 4.69) is 28.4 Å². The monoisotopic (exact) mass is 501 g/mol. The van der Waals surface area contributed by atoms with Crippen LogP contribution in [0.2, 0.25) is 5.15 Å². The van der Waals surface area contributed by atoms with Gasteiger partial charge in [-0.15, -0.1) is 0 Å². The van der Waals surface area contributed by atoms with Gasteiger partial charge in [0.2, 0.25) is 0 Å². The quantitative estimate of drug-likeness (QED) is 0.300. The molecule has 0 radical (unpaired) electrons. The topological polar surface area (TPSA) is 96.7 Å². The SMILES string of the molecule is Cc1cc([C@@H](C)Nc2ccc(Cl)nc2C#N)c2oc(-c3cnn(CC4(C)CCC4)c3)c(C)c(=O)c2c1. The molecule has 1 N–H and O–H groups in total. The smallest absolute Gasteiger partial charge is 0.196 e. The maximum atomic E-state index is 13.5. The molecule has 0 amide bonds. The van der Waals surface area contributed by atoms with Gasteiger partial charge < -0.3 is 9.73 Å². The van der Waals surface area contributed by atoms with E-state index in [1.54, 1.807) is 25.3 Å². The minimum atomic E-state index is -0.275. The first kappa shape index (κ1) is 24.1. The Morgan fingerprint density at radius 3 is 2.78 bits per heavy atom. The van der Waals surface area contributed by atoms with Gasteiger partial charge in [0.1, 0.15) is 22.6 Å². The van der Waals surface area contributed by atoms with Gasteiger partial charge in [-0.05, 0) is 62.8 Å². The molecule has 3 heterocycles. The summed E-state index contributed by atoms with van der Waals surface area (Å²) in [5.74, 6) is 0.528. The molecule has 4 aromatic rings. The minimum absolute atomic E-state index is 0.0621. The van der Waals surface area contributed by atoms with Gasteiger partial charge in [0.05, 0.1) is 28.9 Å². The number of nitrogens with zero attached hydrogens (tertiary/aromatic N) is 4. The van der Waals surface area contributed by atoms with Gasteiger partial charge in [-0.3, -0.25) is 9.48 Å². The Morgan fingerprint density at radius 1 is 1.31 bits per heavy atom. The first-order valence-corrected chi connectivity index (χ1v) is 12.5. The van der Waals surface area contributed by atoms with Crippen molar-refractivity contribution in [3.8, 4) is 17.4 Å². The lowest BCUT2D eigenvalue weighted by molar-refractivity contribution is 0.126. The average molecular weight is 502 g/mol. The van der Waals surface area contributed by atoms with Crippen LogP contribution in [0.4, 0.5) is 5.69 Å². The molecule has 0 bridgehead atoms. The second-order valence-corrected chi connectivity index (χ2v) is 10.6. The molecule has 5 rings (SSSR count). The highest BCUT2D eigenvalue weighted by Gasteiger charge is 2.32. The fourth-order valence-electron chi connectivity index (χ4n) is 5.01. The van der Waals surface area contributed by atoms with Crippen LogP contribution in [0.1, 0.15) is 61.5 Å². The van der Waals surface area contributed by atoms with Crippen molar-refractivity contribution >= 4 is 28.3 Å². The molecule has 0 aliphatic heterocycles. The van der Waals surface area contributed by atoms with Gasteiger partial charge >= 0.3 is 0 Å². The highest BCUT2D eigenvalue weighted by atomic mass is 35.5. The molecule has 0 saturated heterocycles. The normalized spacial score (nSPS) is 15.3. The predicted octanol–water partition coefficient (Wildman–Crippen LogP) is 6.56. The maximum absolute atomic E-state index is 13.5. The molecular weight excluding hydrogens is 474 g/mol. The zero-order chi connectivity index (χ0) is 25.6. The van der Waals surface area contributed by atoms with Crippen molar-refractivity contribution in [2.24, 2.45) is 5.41 Å². The van der Waals surface area contributed by atoms with Crippen LogP contribution in [0.3, 0.4) is 0 Å². The van der Waals surface area contributed by atoms with E-state index < -0.39 is 0 Å². The number of aryl methyl sites for hydroxylation is 1. The number of hydrogen-bond donors (Lipinski definition) is 1. The van der Waals surface area contributed by atoms with E-state index >= 15 is 0 Å². The molecule has 1 aliphatic rings. The first-order chi connectivity index (χ1) is 17.2. The van der Waals surface area contributed by atoms with Crippen LogP contribution in [-0.2, 0) is 6.54 Å². The Hall–Kier alpha value is -3.63. The Balaban J connectivity index is 1.57. The van der Waals surface area contributed by atoms with Crippen molar-refractivity contribution in [1.29, 1.82) is 5.26 Å². The minimum Gasteiger partial charge on any atom is -0.455 e. The van der Waals surface area contributed by atoms with Crippen LogP contribution < -0.4 is 10.7 Å². The predicted molar refractivity (Wildman–Crippen MR) is 141 cm³/mol. The molecule has 184 valence electrons. The summed E-state index contributed by atoms with van der Waals surface area (Å²) in [7, 11) is 0. The highest BCUT2D eigenvalue weighted by Crippen LogP contribution is 2.42. The highest BCUT2D eigenvalue weighted by molar-refractivity contribution is 6.29. The van der Waals surface area contributed by atoms with Crippen molar-refractivity contribution in [2.75, 3.05) is 5.32 Å². The maximum Gasteiger partial charge on any atom is 0.196 e. The van der Waals surface area contributed by atoms with Crippen molar-refractivity contribution in [2.45, 2.75) is 59.5 Å². The number of fused-ring (bicyclic) bond motifs is 1. The number of nitriles is 1. The van der Waals surface area contributed by atoms with Crippen LogP contribution in [0.5, 0.6) is 0 Å². The zero-order valence-corrected chi connectivity index (χ0v) is 21.6. The number of hydrogen-bond acceptors (Lipinski definition) is 6. The van der Waals surface area contributed by atoms with Gasteiger partial charge in [0, 0.05) is 23.9 Å². The number of halogens is 1.